The van der Waals surface area contributed by atoms with Crippen LogP contribution in [0.1, 0.15) is 27.0 Å². The van der Waals surface area contributed by atoms with E-state index < -0.39 is 11.7 Å². The fraction of sp³-hybridized carbons (Fsp3) is 0.188. The van der Waals surface area contributed by atoms with Gasteiger partial charge in [0.25, 0.3) is 5.91 Å². The number of anilines is 1. The van der Waals surface area contributed by atoms with Gasteiger partial charge in [-0.05, 0) is 42.7 Å². The molecule has 3 nitrogen and oxygen atoms in total. The zero-order valence-electron chi connectivity index (χ0n) is 11.5. The molecule has 0 aliphatic heterocycles. The Morgan fingerprint density at radius 2 is 1.90 bits per heavy atom. The van der Waals surface area contributed by atoms with Gasteiger partial charge in [0.15, 0.2) is 0 Å². The summed E-state index contributed by atoms with van der Waals surface area (Å²) in [7, 11) is 0. The SMILES string of the molecule is Cc1ccccc1CNC(=O)c1cc(N)cc(C)c1F. The van der Waals surface area contributed by atoms with Gasteiger partial charge in [-0.15, -0.1) is 0 Å². The van der Waals surface area contributed by atoms with E-state index in [1.165, 1.54) is 12.1 Å². The second kappa shape index (κ2) is 5.74. The molecule has 1 amide bonds. The smallest absolute Gasteiger partial charge is 0.254 e. The van der Waals surface area contributed by atoms with E-state index in [-0.39, 0.29) is 5.56 Å². The summed E-state index contributed by atoms with van der Waals surface area (Å²) in [5.74, 6) is -0.984. The van der Waals surface area contributed by atoms with Crippen LogP contribution in [0.5, 0.6) is 0 Å². The Balaban J connectivity index is 2.15. The largest absolute Gasteiger partial charge is 0.399 e. The molecule has 104 valence electrons. The van der Waals surface area contributed by atoms with E-state index >= 15 is 0 Å². The second-order valence-corrected chi connectivity index (χ2v) is 4.81. The van der Waals surface area contributed by atoms with Gasteiger partial charge in [-0.25, -0.2) is 4.39 Å². The monoisotopic (exact) mass is 272 g/mol. The Hall–Kier alpha value is -2.36. The quantitative estimate of drug-likeness (QED) is 0.844. The summed E-state index contributed by atoms with van der Waals surface area (Å²) in [5, 5.41) is 2.72. The number of halogens is 1. The van der Waals surface area contributed by atoms with Crippen LogP contribution in [0.4, 0.5) is 10.1 Å². The van der Waals surface area contributed by atoms with E-state index in [4.69, 9.17) is 5.73 Å². The molecular formula is C16H17FN2O. The van der Waals surface area contributed by atoms with Crippen LogP contribution in [0.25, 0.3) is 0 Å². The lowest BCUT2D eigenvalue weighted by Gasteiger charge is -2.10. The van der Waals surface area contributed by atoms with E-state index in [1.807, 2.05) is 31.2 Å². The Kier molecular flexibility index (Phi) is 4.03. The fourth-order valence-electron chi connectivity index (χ4n) is 2.04. The van der Waals surface area contributed by atoms with Crippen molar-refractivity contribution in [2.75, 3.05) is 5.73 Å². The highest BCUT2D eigenvalue weighted by atomic mass is 19.1. The van der Waals surface area contributed by atoms with Crippen molar-refractivity contribution < 1.29 is 9.18 Å². The second-order valence-electron chi connectivity index (χ2n) is 4.81. The van der Waals surface area contributed by atoms with Crippen LogP contribution < -0.4 is 11.1 Å². The average molecular weight is 272 g/mol. The molecule has 0 unspecified atom stereocenters. The van der Waals surface area contributed by atoms with Crippen LogP contribution in [0.3, 0.4) is 0 Å². The van der Waals surface area contributed by atoms with Crippen LogP contribution in [0.15, 0.2) is 36.4 Å². The minimum absolute atomic E-state index is 0.0175. The molecule has 0 spiro atoms. The van der Waals surface area contributed by atoms with Gasteiger partial charge >= 0.3 is 0 Å². The summed E-state index contributed by atoms with van der Waals surface area (Å²) in [6.45, 7) is 3.91. The highest BCUT2D eigenvalue weighted by Gasteiger charge is 2.14. The maximum atomic E-state index is 13.9. The first-order chi connectivity index (χ1) is 9.49. The van der Waals surface area contributed by atoms with Gasteiger partial charge in [-0.3, -0.25) is 4.79 Å². The molecule has 0 aliphatic carbocycles. The zero-order valence-corrected chi connectivity index (χ0v) is 11.5. The zero-order chi connectivity index (χ0) is 14.7. The number of benzene rings is 2. The molecule has 0 fully saturated rings. The maximum absolute atomic E-state index is 13.9. The van der Waals surface area contributed by atoms with E-state index in [1.54, 1.807) is 6.92 Å². The van der Waals surface area contributed by atoms with Gasteiger partial charge in [-0.2, -0.15) is 0 Å². The molecule has 0 aliphatic rings. The van der Waals surface area contributed by atoms with Gasteiger partial charge in [-0.1, -0.05) is 24.3 Å². The normalized spacial score (nSPS) is 10.3. The molecule has 2 aromatic carbocycles. The molecule has 4 heteroatoms. The summed E-state index contributed by atoms with van der Waals surface area (Å²) in [6, 6.07) is 10.6. The van der Waals surface area contributed by atoms with Crippen molar-refractivity contribution in [3.63, 3.8) is 0 Å². The molecule has 0 aromatic heterocycles. The molecule has 0 saturated heterocycles. The number of carbonyl (C=O) groups excluding carboxylic acids is 1. The third-order valence-electron chi connectivity index (χ3n) is 3.22. The molecule has 2 rings (SSSR count). The standard InChI is InChI=1S/C16H17FN2O/c1-10-5-3-4-6-12(10)9-19-16(20)14-8-13(18)7-11(2)15(14)17/h3-8H,9,18H2,1-2H3,(H,19,20). The van der Waals surface area contributed by atoms with Crippen molar-refractivity contribution in [2.24, 2.45) is 0 Å². The first-order valence-electron chi connectivity index (χ1n) is 6.37. The van der Waals surface area contributed by atoms with Crippen molar-refractivity contribution in [2.45, 2.75) is 20.4 Å². The van der Waals surface area contributed by atoms with Gasteiger partial charge < -0.3 is 11.1 Å². The first kappa shape index (κ1) is 14.1. The van der Waals surface area contributed by atoms with E-state index in [2.05, 4.69) is 5.32 Å². The summed E-state index contributed by atoms with van der Waals surface area (Å²) < 4.78 is 13.9. The topological polar surface area (TPSA) is 55.1 Å². The lowest BCUT2D eigenvalue weighted by molar-refractivity contribution is 0.0946. The number of hydrogen-bond donors (Lipinski definition) is 2. The predicted molar refractivity (Wildman–Crippen MR) is 77.9 cm³/mol. The highest BCUT2D eigenvalue weighted by molar-refractivity contribution is 5.95. The van der Waals surface area contributed by atoms with E-state index in [0.29, 0.717) is 17.8 Å². The summed E-state index contributed by atoms with van der Waals surface area (Å²) in [5.41, 5.74) is 8.46. The van der Waals surface area contributed by atoms with Crippen LogP contribution in [-0.2, 0) is 6.54 Å². The maximum Gasteiger partial charge on any atom is 0.254 e. The van der Waals surface area contributed by atoms with Crippen molar-refractivity contribution in [1.29, 1.82) is 0 Å². The molecule has 0 radical (unpaired) electrons. The molecular weight excluding hydrogens is 255 g/mol. The van der Waals surface area contributed by atoms with Crippen LogP contribution >= 0.6 is 0 Å². The Bertz CT molecular complexity index is 653. The van der Waals surface area contributed by atoms with Crippen molar-refractivity contribution in [3.05, 3.63) is 64.5 Å². The average Bonchev–Trinajstić information content (AvgIpc) is 2.41. The molecule has 0 bridgehead atoms. The highest BCUT2D eigenvalue weighted by Crippen LogP contribution is 2.17. The molecule has 0 atom stereocenters. The number of hydrogen-bond acceptors (Lipinski definition) is 2. The van der Waals surface area contributed by atoms with Crippen LogP contribution in [0, 0.1) is 19.7 Å². The van der Waals surface area contributed by atoms with E-state index in [0.717, 1.165) is 11.1 Å². The van der Waals surface area contributed by atoms with Crippen molar-refractivity contribution in [1.82, 2.24) is 5.32 Å². The lowest BCUT2D eigenvalue weighted by atomic mass is 10.1. The third-order valence-corrected chi connectivity index (χ3v) is 3.22. The van der Waals surface area contributed by atoms with Gasteiger partial charge in [0.1, 0.15) is 5.82 Å². The number of nitrogens with one attached hydrogen (secondary N) is 1. The van der Waals surface area contributed by atoms with E-state index in [9.17, 15) is 9.18 Å². The van der Waals surface area contributed by atoms with Gasteiger partial charge in [0.05, 0.1) is 5.56 Å². The number of amides is 1. The molecule has 0 saturated carbocycles. The van der Waals surface area contributed by atoms with Gasteiger partial charge in [0, 0.05) is 12.2 Å². The molecule has 20 heavy (non-hydrogen) atoms. The number of nitrogens with two attached hydrogens (primary N) is 1. The lowest BCUT2D eigenvalue weighted by Crippen LogP contribution is -2.24. The number of nitrogen functional groups attached to an aromatic ring is 1. The fourth-order valence-corrected chi connectivity index (χ4v) is 2.04. The minimum atomic E-state index is -0.526. The number of carbonyl (C=O) groups is 1. The number of aryl methyl sites for hydroxylation is 2. The first-order valence-corrected chi connectivity index (χ1v) is 6.37. The Labute approximate surface area is 117 Å². The molecule has 2 aromatic rings. The summed E-state index contributed by atoms with van der Waals surface area (Å²) in [4.78, 5) is 12.0. The summed E-state index contributed by atoms with van der Waals surface area (Å²) in [6.07, 6.45) is 0. The molecule has 0 heterocycles. The predicted octanol–water partition coefficient (Wildman–Crippen LogP) is 2.95. The van der Waals surface area contributed by atoms with Crippen molar-refractivity contribution in [3.8, 4) is 0 Å². The summed E-state index contributed by atoms with van der Waals surface area (Å²) >= 11 is 0. The van der Waals surface area contributed by atoms with Gasteiger partial charge in [0.2, 0.25) is 0 Å². The van der Waals surface area contributed by atoms with Crippen LogP contribution in [-0.4, -0.2) is 5.91 Å². The molecule has 3 N–H and O–H groups in total. The third kappa shape index (κ3) is 2.96. The Morgan fingerprint density at radius 3 is 2.60 bits per heavy atom. The number of rotatable bonds is 3. The minimum Gasteiger partial charge on any atom is -0.399 e. The Morgan fingerprint density at radius 1 is 1.20 bits per heavy atom. The van der Waals surface area contributed by atoms with Crippen molar-refractivity contribution >= 4 is 11.6 Å². The van der Waals surface area contributed by atoms with Crippen LogP contribution in [0.2, 0.25) is 0 Å².